The number of alkyl halides is 2. The summed E-state index contributed by atoms with van der Waals surface area (Å²) in [4.78, 5) is 1.93. The fourth-order valence-corrected chi connectivity index (χ4v) is 1.64. The molecule has 0 radical (unpaired) electrons. The molecular weight excluding hydrogens is 164 g/mol. The van der Waals surface area contributed by atoms with E-state index >= 15 is 0 Å². The van der Waals surface area contributed by atoms with Crippen LogP contribution in [0.25, 0.3) is 0 Å². The molecule has 0 aromatic heterocycles. The van der Waals surface area contributed by atoms with Crippen LogP contribution in [0.4, 0.5) is 8.78 Å². The van der Waals surface area contributed by atoms with Crippen molar-refractivity contribution in [1.29, 1.82) is 0 Å². The molecule has 1 fully saturated rings. The summed E-state index contributed by atoms with van der Waals surface area (Å²) < 4.78 is 29.9. The average molecular weight is 179 g/mol. The van der Waals surface area contributed by atoms with Gasteiger partial charge in [-0.15, -0.1) is 0 Å². The predicted molar refractivity (Wildman–Crippen MR) is 42.2 cm³/mol. The van der Waals surface area contributed by atoms with Crippen LogP contribution in [0.3, 0.4) is 0 Å². The normalized spacial score (nSPS) is 35.5. The van der Waals surface area contributed by atoms with E-state index in [2.05, 4.69) is 4.74 Å². The van der Waals surface area contributed by atoms with Crippen LogP contribution in [-0.4, -0.2) is 37.2 Å². The fraction of sp³-hybridized carbons (Fsp3) is 1.00. The summed E-state index contributed by atoms with van der Waals surface area (Å²) in [6.07, 6.45) is -2.96. The highest BCUT2D eigenvalue weighted by Gasteiger charge is 2.41. The standard InChI is InChI=1S/C8H15F2NO/c1-6-7(11(2)3)4-5-8(9,10)12-6/h6-7H,4-5H2,1-3H3. The number of hydrogen-bond donors (Lipinski definition) is 0. The third-order valence-electron chi connectivity index (χ3n) is 2.29. The minimum absolute atomic E-state index is 0.115. The number of likely N-dealkylation sites (N-methyl/N-ethyl adjacent to an activating group) is 1. The topological polar surface area (TPSA) is 12.5 Å². The van der Waals surface area contributed by atoms with Gasteiger partial charge in [-0.2, -0.15) is 8.78 Å². The summed E-state index contributed by atoms with van der Waals surface area (Å²) in [5.41, 5.74) is 0. The molecule has 0 spiro atoms. The molecule has 0 amide bonds. The lowest BCUT2D eigenvalue weighted by Gasteiger charge is -2.37. The third-order valence-corrected chi connectivity index (χ3v) is 2.29. The lowest BCUT2D eigenvalue weighted by Crippen LogP contribution is -2.47. The zero-order valence-electron chi connectivity index (χ0n) is 7.68. The van der Waals surface area contributed by atoms with Gasteiger partial charge in [-0.05, 0) is 27.4 Å². The van der Waals surface area contributed by atoms with Crippen LogP contribution in [0.1, 0.15) is 19.8 Å². The zero-order valence-corrected chi connectivity index (χ0v) is 7.68. The summed E-state index contributed by atoms with van der Waals surface area (Å²) in [6.45, 7) is 1.69. The quantitative estimate of drug-likeness (QED) is 0.607. The van der Waals surface area contributed by atoms with Gasteiger partial charge in [0.25, 0.3) is 0 Å². The molecule has 1 aliphatic heterocycles. The van der Waals surface area contributed by atoms with Gasteiger partial charge in [-0.1, -0.05) is 0 Å². The van der Waals surface area contributed by atoms with E-state index in [9.17, 15) is 8.78 Å². The molecule has 0 aromatic carbocycles. The number of rotatable bonds is 1. The van der Waals surface area contributed by atoms with E-state index in [1.165, 1.54) is 0 Å². The first-order valence-corrected chi connectivity index (χ1v) is 4.14. The van der Waals surface area contributed by atoms with Crippen molar-refractivity contribution in [1.82, 2.24) is 4.90 Å². The summed E-state index contributed by atoms with van der Waals surface area (Å²) >= 11 is 0. The average Bonchev–Trinajstić information content (AvgIpc) is 1.83. The van der Waals surface area contributed by atoms with E-state index in [1.807, 2.05) is 19.0 Å². The molecule has 0 N–H and O–H groups in total. The van der Waals surface area contributed by atoms with Gasteiger partial charge in [0.15, 0.2) is 0 Å². The van der Waals surface area contributed by atoms with Crippen molar-refractivity contribution >= 4 is 0 Å². The van der Waals surface area contributed by atoms with Crippen LogP contribution in [0.2, 0.25) is 0 Å². The molecule has 2 atom stereocenters. The van der Waals surface area contributed by atoms with E-state index < -0.39 is 6.11 Å². The van der Waals surface area contributed by atoms with Gasteiger partial charge in [0.2, 0.25) is 0 Å². The van der Waals surface area contributed by atoms with Crippen LogP contribution in [0.15, 0.2) is 0 Å². The number of hydrogen-bond acceptors (Lipinski definition) is 2. The van der Waals surface area contributed by atoms with Crippen LogP contribution in [-0.2, 0) is 4.74 Å². The van der Waals surface area contributed by atoms with Gasteiger partial charge in [0, 0.05) is 12.5 Å². The Bertz CT molecular complexity index is 161. The van der Waals surface area contributed by atoms with Crippen molar-refractivity contribution in [3.8, 4) is 0 Å². The van der Waals surface area contributed by atoms with Gasteiger partial charge in [-0.3, -0.25) is 0 Å². The Morgan fingerprint density at radius 3 is 2.42 bits per heavy atom. The molecule has 2 nitrogen and oxygen atoms in total. The van der Waals surface area contributed by atoms with Crippen LogP contribution < -0.4 is 0 Å². The lowest BCUT2D eigenvalue weighted by molar-refractivity contribution is -0.292. The van der Waals surface area contributed by atoms with Crippen LogP contribution in [0.5, 0.6) is 0 Å². The predicted octanol–water partition coefficient (Wildman–Crippen LogP) is 1.71. The zero-order chi connectivity index (χ0) is 9.35. The Labute approximate surface area is 71.5 Å². The highest BCUT2D eigenvalue weighted by molar-refractivity contribution is 4.80. The molecular formula is C8H15F2NO. The highest BCUT2D eigenvalue weighted by atomic mass is 19.3. The Balaban J connectivity index is 2.54. The maximum atomic E-state index is 12.7. The summed E-state index contributed by atoms with van der Waals surface area (Å²) in [7, 11) is 3.77. The number of ether oxygens (including phenoxy) is 1. The van der Waals surface area contributed by atoms with Crippen molar-refractivity contribution in [3.63, 3.8) is 0 Å². The molecule has 12 heavy (non-hydrogen) atoms. The van der Waals surface area contributed by atoms with E-state index in [1.54, 1.807) is 6.92 Å². The third kappa shape index (κ3) is 2.14. The molecule has 0 aliphatic carbocycles. The molecule has 1 saturated heterocycles. The maximum Gasteiger partial charge on any atom is 0.356 e. The van der Waals surface area contributed by atoms with Gasteiger partial charge in [-0.25, -0.2) is 0 Å². The second-order valence-corrected chi connectivity index (χ2v) is 3.53. The van der Waals surface area contributed by atoms with Crippen molar-refractivity contribution in [2.24, 2.45) is 0 Å². The first-order valence-electron chi connectivity index (χ1n) is 4.14. The highest BCUT2D eigenvalue weighted by Crippen LogP contribution is 2.32. The Hall–Kier alpha value is -0.220. The van der Waals surface area contributed by atoms with Crippen molar-refractivity contribution in [2.75, 3.05) is 14.1 Å². The van der Waals surface area contributed by atoms with E-state index in [0.717, 1.165) is 0 Å². The molecule has 4 heteroatoms. The number of halogens is 2. The van der Waals surface area contributed by atoms with Crippen molar-refractivity contribution in [2.45, 2.75) is 38.0 Å². The molecule has 0 bridgehead atoms. The van der Waals surface area contributed by atoms with Gasteiger partial charge in [0.1, 0.15) is 0 Å². The molecule has 0 aromatic rings. The molecule has 1 aliphatic rings. The molecule has 72 valence electrons. The lowest BCUT2D eigenvalue weighted by atomic mass is 10.0. The van der Waals surface area contributed by atoms with Crippen LogP contribution in [0, 0.1) is 0 Å². The van der Waals surface area contributed by atoms with Gasteiger partial charge in [0.05, 0.1) is 6.10 Å². The first-order chi connectivity index (χ1) is 5.42. The Morgan fingerprint density at radius 2 is 2.00 bits per heavy atom. The van der Waals surface area contributed by atoms with Crippen molar-refractivity contribution in [3.05, 3.63) is 0 Å². The molecule has 1 rings (SSSR count). The minimum Gasteiger partial charge on any atom is -0.316 e. The summed E-state index contributed by atoms with van der Waals surface area (Å²) in [5, 5.41) is 0. The first kappa shape index (κ1) is 9.86. The van der Waals surface area contributed by atoms with E-state index in [4.69, 9.17) is 0 Å². The van der Waals surface area contributed by atoms with Crippen molar-refractivity contribution < 1.29 is 13.5 Å². The van der Waals surface area contributed by atoms with E-state index in [-0.39, 0.29) is 18.6 Å². The maximum absolute atomic E-state index is 12.7. The smallest absolute Gasteiger partial charge is 0.316 e. The SMILES string of the molecule is CC1OC(F)(F)CCC1N(C)C. The van der Waals surface area contributed by atoms with Gasteiger partial charge >= 0.3 is 6.11 Å². The monoisotopic (exact) mass is 179 g/mol. The molecule has 0 saturated carbocycles. The largest absolute Gasteiger partial charge is 0.356 e. The van der Waals surface area contributed by atoms with Crippen LogP contribution >= 0.6 is 0 Å². The minimum atomic E-state index is -2.91. The Morgan fingerprint density at radius 1 is 1.42 bits per heavy atom. The fourth-order valence-electron chi connectivity index (χ4n) is 1.64. The Kier molecular flexibility index (Phi) is 2.68. The second-order valence-electron chi connectivity index (χ2n) is 3.53. The molecule has 1 heterocycles. The second kappa shape index (κ2) is 3.26. The molecule has 2 unspecified atom stereocenters. The van der Waals surface area contributed by atoms with Gasteiger partial charge < -0.3 is 9.64 Å². The summed E-state index contributed by atoms with van der Waals surface area (Å²) in [6, 6.07) is 0.115. The van der Waals surface area contributed by atoms with E-state index in [0.29, 0.717) is 6.42 Å². The summed E-state index contributed by atoms with van der Waals surface area (Å²) in [5.74, 6) is 0. The number of nitrogens with zero attached hydrogens (tertiary/aromatic N) is 1.